The summed E-state index contributed by atoms with van der Waals surface area (Å²) in [5.74, 6) is -0.0301. The van der Waals surface area contributed by atoms with Gasteiger partial charge in [0.1, 0.15) is 0 Å². The fourth-order valence-electron chi connectivity index (χ4n) is 4.32. The standard InChI is InChI=1S/C23H29BrN4O/c1-26-11-13-28(14-12-26)22(16-25-23(29)19-5-3-4-6-20(19)24)17-7-8-21-18(15-17)9-10-27(21)2/h3-8,15,22H,9-14,16H2,1-2H3,(H,25,29). The molecule has 1 fully saturated rings. The second-order valence-electron chi connectivity index (χ2n) is 8.10. The maximum absolute atomic E-state index is 12.8. The highest BCUT2D eigenvalue weighted by atomic mass is 79.9. The second-order valence-corrected chi connectivity index (χ2v) is 8.96. The molecule has 2 aromatic rings. The fraction of sp³-hybridized carbons (Fsp3) is 0.435. The molecule has 0 saturated carbocycles. The molecule has 0 aliphatic carbocycles. The molecule has 1 atom stereocenters. The fourth-order valence-corrected chi connectivity index (χ4v) is 4.78. The van der Waals surface area contributed by atoms with Crippen LogP contribution in [0.5, 0.6) is 0 Å². The van der Waals surface area contributed by atoms with Gasteiger partial charge in [0.25, 0.3) is 5.91 Å². The van der Waals surface area contributed by atoms with Crippen molar-refractivity contribution in [3.8, 4) is 0 Å². The number of halogens is 1. The number of rotatable bonds is 5. The number of carbonyl (C=O) groups is 1. The Hall–Kier alpha value is -1.89. The Balaban J connectivity index is 1.54. The first kappa shape index (κ1) is 20.4. The molecule has 0 aromatic heterocycles. The number of hydrogen-bond acceptors (Lipinski definition) is 4. The van der Waals surface area contributed by atoms with E-state index in [1.807, 2.05) is 24.3 Å². The number of nitrogens with one attached hydrogen (secondary N) is 1. The largest absolute Gasteiger partial charge is 0.374 e. The molecule has 1 saturated heterocycles. The van der Waals surface area contributed by atoms with E-state index in [1.165, 1.54) is 16.8 Å². The molecular formula is C23H29BrN4O. The van der Waals surface area contributed by atoms with Crippen molar-refractivity contribution in [3.63, 3.8) is 0 Å². The minimum Gasteiger partial charge on any atom is -0.374 e. The Morgan fingerprint density at radius 3 is 2.59 bits per heavy atom. The first-order chi connectivity index (χ1) is 14.0. The van der Waals surface area contributed by atoms with Crippen molar-refractivity contribution in [3.05, 3.63) is 63.6 Å². The third-order valence-electron chi connectivity index (χ3n) is 6.17. The molecule has 0 radical (unpaired) electrons. The van der Waals surface area contributed by atoms with E-state index < -0.39 is 0 Å². The van der Waals surface area contributed by atoms with Gasteiger partial charge in [-0.05, 0) is 58.7 Å². The van der Waals surface area contributed by atoms with Crippen LogP contribution in [-0.2, 0) is 6.42 Å². The van der Waals surface area contributed by atoms with E-state index in [2.05, 4.69) is 68.2 Å². The Morgan fingerprint density at radius 2 is 1.83 bits per heavy atom. The number of fused-ring (bicyclic) bond motifs is 1. The van der Waals surface area contributed by atoms with Crippen LogP contribution in [0.25, 0.3) is 0 Å². The molecule has 2 heterocycles. The number of anilines is 1. The summed E-state index contributed by atoms with van der Waals surface area (Å²) in [4.78, 5) is 20.0. The molecule has 6 heteroatoms. The molecular weight excluding hydrogens is 428 g/mol. The molecule has 5 nitrogen and oxygen atoms in total. The van der Waals surface area contributed by atoms with Crippen LogP contribution in [0.4, 0.5) is 5.69 Å². The highest BCUT2D eigenvalue weighted by molar-refractivity contribution is 9.10. The maximum Gasteiger partial charge on any atom is 0.252 e. The number of nitrogens with zero attached hydrogens (tertiary/aromatic N) is 3. The monoisotopic (exact) mass is 456 g/mol. The molecule has 4 rings (SSSR count). The lowest BCUT2D eigenvalue weighted by molar-refractivity contribution is 0.0885. The highest BCUT2D eigenvalue weighted by Crippen LogP contribution is 2.31. The minimum absolute atomic E-state index is 0.0301. The number of carbonyl (C=O) groups excluding carboxylic acids is 1. The van der Waals surface area contributed by atoms with E-state index in [1.54, 1.807) is 0 Å². The molecule has 154 valence electrons. The van der Waals surface area contributed by atoms with Crippen molar-refractivity contribution >= 4 is 27.5 Å². The van der Waals surface area contributed by atoms with Crippen LogP contribution in [-0.4, -0.2) is 69.1 Å². The minimum atomic E-state index is -0.0301. The summed E-state index contributed by atoms with van der Waals surface area (Å²) in [5, 5.41) is 3.19. The van der Waals surface area contributed by atoms with Gasteiger partial charge in [-0.3, -0.25) is 9.69 Å². The second kappa shape index (κ2) is 8.86. The van der Waals surface area contributed by atoms with Crippen molar-refractivity contribution in [1.82, 2.24) is 15.1 Å². The lowest BCUT2D eigenvalue weighted by atomic mass is 10.00. The van der Waals surface area contributed by atoms with Crippen molar-refractivity contribution in [2.45, 2.75) is 12.5 Å². The summed E-state index contributed by atoms with van der Waals surface area (Å²) in [6, 6.07) is 14.6. The van der Waals surface area contributed by atoms with Gasteiger partial charge in [0.05, 0.1) is 11.6 Å². The zero-order chi connectivity index (χ0) is 20.4. The van der Waals surface area contributed by atoms with Crippen LogP contribution in [0.1, 0.15) is 27.5 Å². The Morgan fingerprint density at radius 1 is 1.07 bits per heavy atom. The highest BCUT2D eigenvalue weighted by Gasteiger charge is 2.26. The molecule has 2 aliphatic rings. The Labute approximate surface area is 181 Å². The van der Waals surface area contributed by atoms with Crippen molar-refractivity contribution in [1.29, 1.82) is 0 Å². The third-order valence-corrected chi connectivity index (χ3v) is 6.86. The molecule has 2 aliphatic heterocycles. The maximum atomic E-state index is 12.8. The molecule has 2 aromatic carbocycles. The zero-order valence-corrected chi connectivity index (χ0v) is 18.8. The molecule has 29 heavy (non-hydrogen) atoms. The average molecular weight is 457 g/mol. The molecule has 1 amide bonds. The van der Waals surface area contributed by atoms with Crippen molar-refractivity contribution in [2.24, 2.45) is 0 Å². The van der Waals surface area contributed by atoms with Gasteiger partial charge in [-0.2, -0.15) is 0 Å². The SMILES string of the molecule is CN1CCN(C(CNC(=O)c2ccccc2Br)c2ccc3c(c2)CCN3C)CC1. The van der Waals surface area contributed by atoms with Gasteiger partial charge < -0.3 is 15.1 Å². The zero-order valence-electron chi connectivity index (χ0n) is 17.2. The van der Waals surface area contributed by atoms with Crippen LogP contribution in [0.15, 0.2) is 46.9 Å². The normalized spacial score (nSPS) is 18.5. The summed E-state index contributed by atoms with van der Waals surface area (Å²) in [7, 11) is 4.33. The number of amides is 1. The van der Waals surface area contributed by atoms with E-state index in [4.69, 9.17) is 0 Å². The predicted octanol–water partition coefficient (Wildman–Crippen LogP) is 3.16. The summed E-state index contributed by atoms with van der Waals surface area (Å²) >= 11 is 3.49. The first-order valence-electron chi connectivity index (χ1n) is 10.3. The van der Waals surface area contributed by atoms with Gasteiger partial charge in [-0.1, -0.05) is 24.3 Å². The van der Waals surface area contributed by atoms with Gasteiger partial charge in [-0.25, -0.2) is 0 Å². The van der Waals surface area contributed by atoms with E-state index in [-0.39, 0.29) is 11.9 Å². The number of likely N-dealkylation sites (N-methyl/N-ethyl adjacent to an activating group) is 2. The number of benzene rings is 2. The summed E-state index contributed by atoms with van der Waals surface area (Å²) in [5.41, 5.74) is 4.74. The molecule has 1 unspecified atom stereocenters. The van der Waals surface area contributed by atoms with E-state index in [9.17, 15) is 4.79 Å². The topological polar surface area (TPSA) is 38.8 Å². The quantitative estimate of drug-likeness (QED) is 0.749. The molecule has 0 bridgehead atoms. The van der Waals surface area contributed by atoms with Crippen LogP contribution < -0.4 is 10.2 Å². The Kier molecular flexibility index (Phi) is 6.23. The van der Waals surface area contributed by atoms with Gasteiger partial charge in [-0.15, -0.1) is 0 Å². The van der Waals surface area contributed by atoms with Crippen molar-refractivity contribution < 1.29 is 4.79 Å². The van der Waals surface area contributed by atoms with Gasteiger partial charge in [0.2, 0.25) is 0 Å². The third kappa shape index (κ3) is 4.49. The van der Waals surface area contributed by atoms with E-state index in [0.717, 1.165) is 43.6 Å². The summed E-state index contributed by atoms with van der Waals surface area (Å²) in [6.45, 7) is 5.84. The van der Waals surface area contributed by atoms with Crippen LogP contribution >= 0.6 is 15.9 Å². The van der Waals surface area contributed by atoms with Crippen LogP contribution in [0, 0.1) is 0 Å². The smallest absolute Gasteiger partial charge is 0.252 e. The van der Waals surface area contributed by atoms with Gasteiger partial charge in [0.15, 0.2) is 0 Å². The van der Waals surface area contributed by atoms with E-state index in [0.29, 0.717) is 12.1 Å². The lowest BCUT2D eigenvalue weighted by Gasteiger charge is -2.38. The summed E-state index contributed by atoms with van der Waals surface area (Å²) in [6.07, 6.45) is 1.10. The lowest BCUT2D eigenvalue weighted by Crippen LogP contribution is -2.48. The first-order valence-corrected chi connectivity index (χ1v) is 11.1. The predicted molar refractivity (Wildman–Crippen MR) is 122 cm³/mol. The number of hydrogen-bond donors (Lipinski definition) is 1. The van der Waals surface area contributed by atoms with Gasteiger partial charge in [0, 0.05) is 56.5 Å². The van der Waals surface area contributed by atoms with E-state index >= 15 is 0 Å². The van der Waals surface area contributed by atoms with Crippen molar-refractivity contribution in [2.75, 3.05) is 58.3 Å². The van der Waals surface area contributed by atoms with Crippen LogP contribution in [0.3, 0.4) is 0 Å². The average Bonchev–Trinajstić information content (AvgIpc) is 3.10. The number of piperazine rings is 1. The Bertz CT molecular complexity index is 879. The molecule has 0 spiro atoms. The molecule has 1 N–H and O–H groups in total. The summed E-state index contributed by atoms with van der Waals surface area (Å²) < 4.78 is 0.828. The van der Waals surface area contributed by atoms with Gasteiger partial charge >= 0.3 is 0 Å². The van der Waals surface area contributed by atoms with Crippen LogP contribution in [0.2, 0.25) is 0 Å².